The zero-order chi connectivity index (χ0) is 9.97. The van der Waals surface area contributed by atoms with Crippen LogP contribution in [0.25, 0.3) is 0 Å². The maximum Gasteiger partial charge on any atom is 0.267 e. The van der Waals surface area contributed by atoms with Gasteiger partial charge in [-0.15, -0.1) is 5.10 Å². The van der Waals surface area contributed by atoms with Crippen molar-refractivity contribution >= 4 is 17.4 Å². The van der Waals surface area contributed by atoms with Crippen molar-refractivity contribution in [2.24, 2.45) is 0 Å². The molecule has 0 unspecified atom stereocenters. The van der Waals surface area contributed by atoms with Crippen LogP contribution in [0.2, 0.25) is 0 Å². The predicted molar refractivity (Wildman–Crippen MR) is 51.1 cm³/mol. The molecule has 0 saturated carbocycles. The van der Waals surface area contributed by atoms with Crippen molar-refractivity contribution in [3.63, 3.8) is 0 Å². The third-order valence-electron chi connectivity index (χ3n) is 2.42. The Morgan fingerprint density at radius 3 is 3.29 bits per heavy atom. The highest BCUT2D eigenvalue weighted by molar-refractivity contribution is 7.07. The van der Waals surface area contributed by atoms with Crippen molar-refractivity contribution in [2.45, 2.75) is 18.9 Å². The first-order valence-corrected chi connectivity index (χ1v) is 5.29. The minimum absolute atomic E-state index is 0.0235. The van der Waals surface area contributed by atoms with Crippen molar-refractivity contribution in [3.05, 3.63) is 11.1 Å². The van der Waals surface area contributed by atoms with Gasteiger partial charge in [0.05, 0.1) is 18.8 Å². The molecule has 5 nitrogen and oxygen atoms in total. The topological polar surface area (TPSA) is 66.3 Å². The molecule has 0 bridgehead atoms. The molecule has 1 aromatic rings. The van der Waals surface area contributed by atoms with Gasteiger partial charge < -0.3 is 10.0 Å². The first-order valence-electron chi connectivity index (χ1n) is 4.52. The molecular weight excluding hydrogens is 202 g/mol. The molecule has 0 spiro atoms. The van der Waals surface area contributed by atoms with E-state index in [2.05, 4.69) is 9.59 Å². The summed E-state index contributed by atoms with van der Waals surface area (Å²) in [5.41, 5.74) is 0. The maximum absolute atomic E-state index is 11.8. The number of carbonyl (C=O) groups is 1. The largest absolute Gasteiger partial charge is 0.394 e. The molecule has 2 rings (SSSR count). The molecule has 1 aliphatic rings. The average molecular weight is 213 g/mol. The van der Waals surface area contributed by atoms with Crippen LogP contribution < -0.4 is 0 Å². The first-order chi connectivity index (χ1) is 6.83. The summed E-state index contributed by atoms with van der Waals surface area (Å²) < 4.78 is 3.65. The monoisotopic (exact) mass is 213 g/mol. The Bertz CT molecular complexity index is 314. The van der Waals surface area contributed by atoms with Gasteiger partial charge in [0, 0.05) is 6.54 Å². The summed E-state index contributed by atoms with van der Waals surface area (Å²) in [6.07, 6.45) is 3.32. The molecule has 1 amide bonds. The number of carbonyl (C=O) groups excluding carboxylic acids is 1. The van der Waals surface area contributed by atoms with Gasteiger partial charge >= 0.3 is 0 Å². The molecule has 1 saturated heterocycles. The zero-order valence-electron chi connectivity index (χ0n) is 7.59. The summed E-state index contributed by atoms with van der Waals surface area (Å²) in [6.45, 7) is 0.764. The third kappa shape index (κ3) is 1.62. The van der Waals surface area contributed by atoms with Crippen LogP contribution in [0.3, 0.4) is 0 Å². The fourth-order valence-electron chi connectivity index (χ4n) is 1.70. The lowest BCUT2D eigenvalue weighted by molar-refractivity contribution is 0.0682. The summed E-state index contributed by atoms with van der Waals surface area (Å²) in [4.78, 5) is 14.1. The van der Waals surface area contributed by atoms with E-state index in [1.165, 1.54) is 6.20 Å². The van der Waals surface area contributed by atoms with E-state index < -0.39 is 0 Å². The van der Waals surface area contributed by atoms with Crippen LogP contribution in [-0.4, -0.2) is 44.7 Å². The van der Waals surface area contributed by atoms with Crippen molar-refractivity contribution < 1.29 is 9.90 Å². The smallest absolute Gasteiger partial charge is 0.267 e. The Hall–Kier alpha value is -1.01. The molecule has 14 heavy (non-hydrogen) atoms. The highest BCUT2D eigenvalue weighted by Crippen LogP contribution is 2.20. The Morgan fingerprint density at radius 1 is 1.79 bits per heavy atom. The van der Waals surface area contributed by atoms with Crippen LogP contribution in [0.15, 0.2) is 6.20 Å². The average Bonchev–Trinajstić information content (AvgIpc) is 2.87. The van der Waals surface area contributed by atoms with Gasteiger partial charge in [0.15, 0.2) is 0 Å². The molecule has 1 atom stereocenters. The van der Waals surface area contributed by atoms with E-state index in [4.69, 9.17) is 5.11 Å². The van der Waals surface area contributed by atoms with E-state index in [-0.39, 0.29) is 18.6 Å². The molecule has 0 aromatic carbocycles. The summed E-state index contributed by atoms with van der Waals surface area (Å²) in [6, 6.07) is -0.0235. The number of aromatic nitrogens is 2. The quantitative estimate of drug-likeness (QED) is 0.758. The normalized spacial score (nSPS) is 21.5. The van der Waals surface area contributed by atoms with E-state index in [0.29, 0.717) is 4.88 Å². The second-order valence-electron chi connectivity index (χ2n) is 3.26. The highest BCUT2D eigenvalue weighted by atomic mass is 32.1. The van der Waals surface area contributed by atoms with Crippen molar-refractivity contribution in [1.82, 2.24) is 14.5 Å². The van der Waals surface area contributed by atoms with Gasteiger partial charge in [0.1, 0.15) is 4.88 Å². The van der Waals surface area contributed by atoms with E-state index >= 15 is 0 Å². The number of amides is 1. The van der Waals surface area contributed by atoms with E-state index in [9.17, 15) is 4.79 Å². The number of likely N-dealkylation sites (tertiary alicyclic amines) is 1. The Kier molecular flexibility index (Phi) is 2.74. The highest BCUT2D eigenvalue weighted by Gasteiger charge is 2.29. The van der Waals surface area contributed by atoms with Crippen LogP contribution in [0.1, 0.15) is 22.5 Å². The Labute approximate surface area is 85.5 Å². The minimum atomic E-state index is -0.0587. The lowest BCUT2D eigenvalue weighted by atomic mass is 10.2. The lowest BCUT2D eigenvalue weighted by Crippen LogP contribution is -2.37. The van der Waals surface area contributed by atoms with Crippen molar-refractivity contribution in [3.8, 4) is 0 Å². The van der Waals surface area contributed by atoms with Gasteiger partial charge in [-0.3, -0.25) is 4.79 Å². The first kappa shape index (κ1) is 9.54. The van der Waals surface area contributed by atoms with Gasteiger partial charge in [-0.25, -0.2) is 0 Å². The summed E-state index contributed by atoms with van der Waals surface area (Å²) in [5, 5.41) is 12.7. The maximum atomic E-state index is 11.8. The van der Waals surface area contributed by atoms with Crippen molar-refractivity contribution in [1.29, 1.82) is 0 Å². The molecule has 1 fully saturated rings. The number of rotatable bonds is 2. The second-order valence-corrected chi connectivity index (χ2v) is 4.04. The summed E-state index contributed by atoms with van der Waals surface area (Å²) in [5.74, 6) is -0.0587. The molecule has 1 N–H and O–H groups in total. The standard InChI is InChI=1S/C8H11N3O2S/c12-5-6-2-1-3-11(6)8(13)7-4-9-10-14-7/h4,6,12H,1-3,5H2/t6-/m1/s1. The Morgan fingerprint density at radius 2 is 2.64 bits per heavy atom. The molecule has 1 aliphatic heterocycles. The van der Waals surface area contributed by atoms with Gasteiger partial charge in [0.2, 0.25) is 0 Å². The molecule has 0 radical (unpaired) electrons. The van der Waals surface area contributed by atoms with Crippen LogP contribution in [0.5, 0.6) is 0 Å². The van der Waals surface area contributed by atoms with E-state index in [1.54, 1.807) is 4.90 Å². The summed E-state index contributed by atoms with van der Waals surface area (Å²) >= 11 is 1.10. The van der Waals surface area contributed by atoms with Crippen LogP contribution in [-0.2, 0) is 0 Å². The summed E-state index contributed by atoms with van der Waals surface area (Å²) in [7, 11) is 0. The fraction of sp³-hybridized carbons (Fsp3) is 0.625. The fourth-order valence-corrected chi connectivity index (χ4v) is 2.17. The Balaban J connectivity index is 2.11. The van der Waals surface area contributed by atoms with Gasteiger partial charge in [-0.2, -0.15) is 0 Å². The van der Waals surface area contributed by atoms with E-state index in [1.807, 2.05) is 0 Å². The number of aliphatic hydroxyl groups excluding tert-OH is 1. The number of hydrogen-bond acceptors (Lipinski definition) is 5. The number of hydrogen-bond donors (Lipinski definition) is 1. The van der Waals surface area contributed by atoms with Crippen LogP contribution in [0, 0.1) is 0 Å². The zero-order valence-corrected chi connectivity index (χ0v) is 8.40. The number of aliphatic hydroxyl groups is 1. The van der Waals surface area contributed by atoms with Gasteiger partial charge in [-0.1, -0.05) is 4.49 Å². The predicted octanol–water partition coefficient (Wildman–Crippen LogP) is 0.135. The third-order valence-corrected chi connectivity index (χ3v) is 3.07. The molecule has 0 aliphatic carbocycles. The van der Waals surface area contributed by atoms with E-state index in [0.717, 1.165) is 30.9 Å². The van der Waals surface area contributed by atoms with Gasteiger partial charge in [-0.05, 0) is 24.4 Å². The van der Waals surface area contributed by atoms with Crippen molar-refractivity contribution in [2.75, 3.05) is 13.2 Å². The van der Waals surface area contributed by atoms with Gasteiger partial charge in [0.25, 0.3) is 5.91 Å². The molecule has 1 aromatic heterocycles. The molecular formula is C8H11N3O2S. The number of nitrogens with zero attached hydrogens (tertiary/aromatic N) is 3. The SMILES string of the molecule is O=C(c1cnns1)N1CCC[C@@H]1CO. The molecule has 6 heteroatoms. The molecule has 76 valence electrons. The lowest BCUT2D eigenvalue weighted by Gasteiger charge is -2.21. The van der Waals surface area contributed by atoms with Crippen LogP contribution >= 0.6 is 11.5 Å². The molecule has 2 heterocycles. The minimum Gasteiger partial charge on any atom is -0.394 e. The van der Waals surface area contributed by atoms with Crippen LogP contribution in [0.4, 0.5) is 0 Å². The second kappa shape index (κ2) is 4.02.